The largest absolute Gasteiger partial charge is 0.385 e. The molecule has 1 unspecified atom stereocenters. The van der Waals surface area contributed by atoms with Crippen LogP contribution in [0, 0.1) is 5.92 Å². The van der Waals surface area contributed by atoms with Crippen molar-refractivity contribution >= 4 is 69.2 Å². The van der Waals surface area contributed by atoms with Gasteiger partial charge in [0.15, 0.2) is 17.2 Å². The number of anilines is 6. The van der Waals surface area contributed by atoms with Crippen LogP contribution in [0.3, 0.4) is 0 Å². The first-order chi connectivity index (χ1) is 30.7. The third-order valence-corrected chi connectivity index (χ3v) is 13.7. The number of halogens is 2. The van der Waals surface area contributed by atoms with Crippen molar-refractivity contribution < 1.29 is 18.8 Å². The molecule has 4 fully saturated rings. The SMILES string of the molecule is CNc1cc(N2CCc3c(-c4ccc(N5CCC(CCN6CCN(c7ccc(NC8CCC(=O)NC8=O)c(Cl)c7)CC6)CC5)cn4)cccc32)nn2c(C(=O)N[C@@H]3C[C@@H]3F)cnc12. The van der Waals surface area contributed by atoms with Gasteiger partial charge < -0.3 is 30.7 Å². The van der Waals surface area contributed by atoms with Gasteiger partial charge in [0.2, 0.25) is 11.8 Å². The van der Waals surface area contributed by atoms with E-state index in [2.05, 4.69) is 82.2 Å². The number of nitrogens with one attached hydrogen (secondary N) is 4. The molecular weight excluding hydrogens is 823 g/mol. The maximum Gasteiger partial charge on any atom is 0.271 e. The summed E-state index contributed by atoms with van der Waals surface area (Å²) in [4.78, 5) is 55.8. The third kappa shape index (κ3) is 8.45. The van der Waals surface area contributed by atoms with Crippen molar-refractivity contribution in [2.45, 2.75) is 63.2 Å². The standard InChI is InChI=1S/C46H52ClFN12O3/c1-49-39-25-42(55-60-41(27-51-44(39)60)46(63)53-38-24-34(38)48)59-18-14-32-31(3-2-4-40(32)59)35-7-6-30(26-50-35)57-16-12-28(13-17-57)11-15-56-19-21-58(22-20-56)29-5-8-36(33(47)23-29)52-37-9-10-43(61)54-45(37)62/h2-8,23,25-28,34,37-38,49,52H,9-22,24H2,1H3,(H,53,63)(H,54,61,62)/t34-,37?,38+/m0/s1. The molecule has 15 nitrogen and oxygen atoms in total. The monoisotopic (exact) mass is 874 g/mol. The fourth-order valence-electron chi connectivity index (χ4n) is 9.54. The van der Waals surface area contributed by atoms with Gasteiger partial charge in [-0.2, -0.15) is 0 Å². The van der Waals surface area contributed by atoms with Gasteiger partial charge in [0.05, 0.1) is 46.2 Å². The summed E-state index contributed by atoms with van der Waals surface area (Å²) in [6, 6.07) is 17.6. The Labute approximate surface area is 370 Å². The summed E-state index contributed by atoms with van der Waals surface area (Å²) < 4.78 is 15.1. The van der Waals surface area contributed by atoms with Crippen molar-refractivity contribution in [3.05, 3.63) is 83.3 Å². The van der Waals surface area contributed by atoms with E-state index in [1.165, 1.54) is 31.0 Å². The molecule has 3 atom stereocenters. The predicted octanol–water partition coefficient (Wildman–Crippen LogP) is 5.67. The predicted molar refractivity (Wildman–Crippen MR) is 243 cm³/mol. The molecule has 1 saturated carbocycles. The Morgan fingerprint density at radius 1 is 0.889 bits per heavy atom. The highest BCUT2D eigenvalue weighted by Gasteiger charge is 2.39. The normalized spacial score (nSPS) is 21.7. The van der Waals surface area contributed by atoms with Crippen LogP contribution in [-0.2, 0) is 16.0 Å². The minimum atomic E-state index is -0.999. The van der Waals surface area contributed by atoms with E-state index in [0.717, 1.165) is 92.8 Å². The summed E-state index contributed by atoms with van der Waals surface area (Å²) >= 11 is 6.64. The zero-order valence-corrected chi connectivity index (χ0v) is 36.1. The van der Waals surface area contributed by atoms with E-state index in [9.17, 15) is 18.8 Å². The van der Waals surface area contributed by atoms with E-state index in [0.29, 0.717) is 47.4 Å². The van der Waals surface area contributed by atoms with Crippen LogP contribution in [0.15, 0.2) is 67.0 Å². The number of alkyl halides is 1. The highest BCUT2D eigenvalue weighted by atomic mass is 35.5. The molecule has 0 radical (unpaired) electrons. The van der Waals surface area contributed by atoms with Crippen LogP contribution in [0.1, 0.15) is 54.6 Å². The number of benzene rings is 2. The lowest BCUT2D eigenvalue weighted by molar-refractivity contribution is -0.133. The smallest absolute Gasteiger partial charge is 0.271 e. The van der Waals surface area contributed by atoms with Crippen LogP contribution in [0.2, 0.25) is 5.02 Å². The maximum absolute atomic E-state index is 13.6. The Balaban J connectivity index is 0.712. The Morgan fingerprint density at radius 2 is 1.68 bits per heavy atom. The molecule has 4 aliphatic heterocycles. The number of hydrogen-bond donors (Lipinski definition) is 4. The Kier molecular flexibility index (Phi) is 11.3. The Morgan fingerprint density at radius 3 is 2.41 bits per heavy atom. The van der Waals surface area contributed by atoms with E-state index in [1.54, 1.807) is 4.52 Å². The third-order valence-electron chi connectivity index (χ3n) is 13.4. The van der Waals surface area contributed by atoms with Crippen molar-refractivity contribution in [1.29, 1.82) is 0 Å². The van der Waals surface area contributed by atoms with Gasteiger partial charge in [0.25, 0.3) is 5.91 Å². The number of carbonyl (C=O) groups is 3. The molecule has 4 N–H and O–H groups in total. The van der Waals surface area contributed by atoms with Crippen LogP contribution >= 0.6 is 11.6 Å². The quantitative estimate of drug-likeness (QED) is 0.114. The molecule has 0 spiro atoms. The van der Waals surface area contributed by atoms with Gasteiger partial charge in [-0.1, -0.05) is 23.7 Å². The van der Waals surface area contributed by atoms with Gasteiger partial charge in [0, 0.05) is 88.7 Å². The number of imide groups is 1. The highest BCUT2D eigenvalue weighted by molar-refractivity contribution is 6.33. The van der Waals surface area contributed by atoms with E-state index >= 15 is 0 Å². The first kappa shape index (κ1) is 41.0. The number of piperazine rings is 1. The van der Waals surface area contributed by atoms with Gasteiger partial charge >= 0.3 is 0 Å². The van der Waals surface area contributed by atoms with E-state index < -0.39 is 18.3 Å². The first-order valence-electron chi connectivity index (χ1n) is 22.2. The number of nitrogens with zero attached hydrogens (tertiary/aromatic N) is 8. The summed E-state index contributed by atoms with van der Waals surface area (Å²) in [6.45, 7) is 7.76. The molecule has 3 saturated heterocycles. The topological polar surface area (TPSA) is 155 Å². The van der Waals surface area contributed by atoms with Crippen LogP contribution in [-0.4, -0.2) is 120 Å². The average molecular weight is 875 g/mol. The van der Waals surface area contributed by atoms with Crippen LogP contribution in [0.5, 0.6) is 0 Å². The van der Waals surface area contributed by atoms with Gasteiger partial charge in [-0.15, -0.1) is 5.10 Å². The lowest BCUT2D eigenvalue weighted by Crippen LogP contribution is -2.47. The summed E-state index contributed by atoms with van der Waals surface area (Å²) in [7, 11) is 1.82. The highest BCUT2D eigenvalue weighted by Crippen LogP contribution is 2.40. The second-order valence-electron chi connectivity index (χ2n) is 17.3. The lowest BCUT2D eigenvalue weighted by atomic mass is 9.93. The second kappa shape index (κ2) is 17.3. The van der Waals surface area contributed by atoms with Gasteiger partial charge in [-0.25, -0.2) is 13.9 Å². The molecule has 5 aliphatic rings. The number of aromatic nitrogens is 4. The molecule has 1 aliphatic carbocycles. The lowest BCUT2D eigenvalue weighted by Gasteiger charge is -2.38. The molecule has 7 heterocycles. The first-order valence-corrected chi connectivity index (χ1v) is 22.6. The van der Waals surface area contributed by atoms with Crippen LogP contribution in [0.25, 0.3) is 16.9 Å². The van der Waals surface area contributed by atoms with Crippen molar-refractivity contribution in [3.63, 3.8) is 0 Å². The minimum Gasteiger partial charge on any atom is -0.385 e. The number of fused-ring (bicyclic) bond motifs is 2. The van der Waals surface area contributed by atoms with Crippen LogP contribution < -0.4 is 36.0 Å². The zero-order chi connectivity index (χ0) is 43.2. The second-order valence-corrected chi connectivity index (χ2v) is 17.8. The van der Waals surface area contributed by atoms with Crippen molar-refractivity contribution in [2.24, 2.45) is 5.92 Å². The number of hydrogen-bond acceptors (Lipinski definition) is 12. The molecule has 3 amide bonds. The molecule has 3 aromatic heterocycles. The fraction of sp³-hybridized carbons (Fsp3) is 0.435. The number of imidazole rings is 1. The van der Waals surface area contributed by atoms with Crippen LogP contribution in [0.4, 0.5) is 38.6 Å². The zero-order valence-electron chi connectivity index (χ0n) is 35.3. The van der Waals surface area contributed by atoms with E-state index in [4.69, 9.17) is 21.7 Å². The number of piperidine rings is 2. The number of rotatable bonds is 12. The summed E-state index contributed by atoms with van der Waals surface area (Å²) in [5, 5.41) is 17.0. The Bertz CT molecular complexity index is 2540. The number of carbonyl (C=O) groups excluding carboxylic acids is 3. The van der Waals surface area contributed by atoms with Gasteiger partial charge in [0.1, 0.15) is 12.2 Å². The van der Waals surface area contributed by atoms with Crippen molar-refractivity contribution in [2.75, 3.05) is 84.7 Å². The molecule has 0 bridgehead atoms. The molecular formula is C46H52ClFN12O3. The van der Waals surface area contributed by atoms with Gasteiger partial charge in [-0.3, -0.25) is 29.6 Å². The summed E-state index contributed by atoms with van der Waals surface area (Å²) in [5.74, 6) is 0.460. The fourth-order valence-corrected chi connectivity index (χ4v) is 9.77. The molecule has 10 rings (SSSR count). The van der Waals surface area contributed by atoms with E-state index in [-0.39, 0.29) is 23.4 Å². The number of amides is 3. The average Bonchev–Trinajstić information content (AvgIpc) is 3.61. The maximum atomic E-state index is 13.6. The molecule has 17 heteroatoms. The minimum absolute atomic E-state index is 0.234. The molecule has 5 aromatic rings. The Hall–Kier alpha value is -6.00. The van der Waals surface area contributed by atoms with Crippen molar-refractivity contribution in [3.8, 4) is 11.3 Å². The van der Waals surface area contributed by atoms with Gasteiger partial charge in [-0.05, 0) is 86.5 Å². The number of pyridine rings is 1. The van der Waals surface area contributed by atoms with E-state index in [1.807, 2.05) is 31.4 Å². The molecule has 328 valence electrons. The molecule has 2 aromatic carbocycles. The summed E-state index contributed by atoms with van der Waals surface area (Å²) in [6.07, 6.45) is 7.98. The summed E-state index contributed by atoms with van der Waals surface area (Å²) in [5.41, 5.74) is 8.78. The van der Waals surface area contributed by atoms with Crippen molar-refractivity contribution in [1.82, 2.24) is 35.1 Å². The molecule has 63 heavy (non-hydrogen) atoms.